The van der Waals surface area contributed by atoms with E-state index in [4.69, 9.17) is 20.3 Å². The van der Waals surface area contributed by atoms with Gasteiger partial charge in [-0.25, -0.2) is 0 Å². The number of hydrogen-bond donors (Lipinski definition) is 2. The van der Waals surface area contributed by atoms with Crippen LogP contribution in [0.15, 0.2) is 16.6 Å². The molecule has 0 aliphatic carbocycles. The third-order valence-corrected chi connectivity index (χ3v) is 2.95. The van der Waals surface area contributed by atoms with Crippen LogP contribution in [0.5, 0.6) is 11.5 Å². The number of carboxylic acids is 1. The van der Waals surface area contributed by atoms with Crippen LogP contribution < -0.4 is 15.2 Å². The minimum atomic E-state index is -1.09. The molecule has 0 radical (unpaired) electrons. The molecule has 16 heavy (non-hydrogen) atoms. The molecule has 1 aromatic carbocycles. The summed E-state index contributed by atoms with van der Waals surface area (Å²) < 4.78 is 11.3. The lowest BCUT2D eigenvalue weighted by Crippen LogP contribution is -2.22. The van der Waals surface area contributed by atoms with Crippen molar-refractivity contribution < 1.29 is 19.4 Å². The standard InChI is InChI=1S/C10H10BrNO4/c11-6-4-8-7(15-1-2-16-8)3-5(6)9(12)10(13)14/h3-4,9H,1-2,12H2,(H,13,14). The minimum absolute atomic E-state index is 0.455. The Morgan fingerprint density at radius 2 is 1.94 bits per heavy atom. The highest BCUT2D eigenvalue weighted by atomic mass is 79.9. The lowest BCUT2D eigenvalue weighted by molar-refractivity contribution is -0.138. The van der Waals surface area contributed by atoms with Gasteiger partial charge in [0.1, 0.15) is 19.3 Å². The molecule has 1 aliphatic heterocycles. The second-order valence-corrected chi connectivity index (χ2v) is 4.19. The van der Waals surface area contributed by atoms with Crippen molar-refractivity contribution in [1.29, 1.82) is 0 Å². The first-order valence-corrected chi connectivity index (χ1v) is 5.46. The summed E-state index contributed by atoms with van der Waals surface area (Å²) in [6, 6.07) is 2.19. The number of halogens is 1. The van der Waals surface area contributed by atoms with E-state index < -0.39 is 12.0 Å². The molecule has 0 saturated heterocycles. The van der Waals surface area contributed by atoms with Gasteiger partial charge in [-0.1, -0.05) is 15.9 Å². The van der Waals surface area contributed by atoms with Crippen LogP contribution in [-0.2, 0) is 4.79 Å². The normalized spacial score (nSPS) is 15.6. The molecule has 1 unspecified atom stereocenters. The van der Waals surface area contributed by atoms with Gasteiger partial charge in [0.2, 0.25) is 0 Å². The van der Waals surface area contributed by atoms with Gasteiger partial charge in [-0.3, -0.25) is 4.79 Å². The van der Waals surface area contributed by atoms with Gasteiger partial charge in [0.15, 0.2) is 11.5 Å². The number of aliphatic carboxylic acids is 1. The number of ether oxygens (including phenoxy) is 2. The lowest BCUT2D eigenvalue weighted by atomic mass is 10.1. The van der Waals surface area contributed by atoms with Crippen molar-refractivity contribution >= 4 is 21.9 Å². The fourth-order valence-electron chi connectivity index (χ4n) is 1.45. The molecule has 3 N–H and O–H groups in total. The Hall–Kier alpha value is -1.27. The molecule has 1 heterocycles. The summed E-state index contributed by atoms with van der Waals surface area (Å²) in [5.74, 6) is 0.0398. The molecule has 2 rings (SSSR count). The fraction of sp³-hybridized carbons (Fsp3) is 0.300. The first-order chi connectivity index (χ1) is 7.59. The summed E-state index contributed by atoms with van der Waals surface area (Å²) in [6.45, 7) is 0.945. The molecule has 0 saturated carbocycles. The monoisotopic (exact) mass is 287 g/mol. The molecule has 0 spiro atoms. The highest BCUT2D eigenvalue weighted by molar-refractivity contribution is 9.10. The third kappa shape index (κ3) is 1.98. The lowest BCUT2D eigenvalue weighted by Gasteiger charge is -2.20. The molecule has 0 amide bonds. The van der Waals surface area contributed by atoms with E-state index in [0.717, 1.165) is 0 Å². The SMILES string of the molecule is NC(C(=O)O)c1cc2c(cc1Br)OCCO2. The van der Waals surface area contributed by atoms with E-state index in [2.05, 4.69) is 15.9 Å². The molecule has 6 heteroatoms. The average molecular weight is 288 g/mol. The molecule has 1 atom stereocenters. The molecular formula is C10H10BrNO4. The van der Waals surface area contributed by atoms with Crippen LogP contribution in [-0.4, -0.2) is 24.3 Å². The van der Waals surface area contributed by atoms with Crippen molar-refractivity contribution in [2.75, 3.05) is 13.2 Å². The van der Waals surface area contributed by atoms with Gasteiger partial charge in [0.05, 0.1) is 0 Å². The van der Waals surface area contributed by atoms with Crippen molar-refractivity contribution in [3.8, 4) is 11.5 Å². The molecule has 86 valence electrons. The maximum Gasteiger partial charge on any atom is 0.325 e. The van der Waals surface area contributed by atoms with Crippen LogP contribution in [0, 0.1) is 0 Å². The quantitative estimate of drug-likeness (QED) is 0.857. The first-order valence-electron chi connectivity index (χ1n) is 4.67. The van der Waals surface area contributed by atoms with E-state index in [-0.39, 0.29) is 0 Å². The van der Waals surface area contributed by atoms with Gasteiger partial charge in [0, 0.05) is 4.47 Å². The Balaban J connectivity index is 2.43. The number of benzene rings is 1. The number of rotatable bonds is 2. The molecule has 0 aromatic heterocycles. The van der Waals surface area contributed by atoms with Crippen LogP contribution in [0.4, 0.5) is 0 Å². The molecule has 1 aromatic rings. The highest BCUT2D eigenvalue weighted by Crippen LogP contribution is 2.37. The smallest absolute Gasteiger partial charge is 0.325 e. The summed E-state index contributed by atoms with van der Waals surface area (Å²) in [7, 11) is 0. The summed E-state index contributed by atoms with van der Waals surface area (Å²) >= 11 is 3.27. The predicted octanol–water partition coefficient (Wildman–Crippen LogP) is 1.30. The van der Waals surface area contributed by atoms with Crippen LogP contribution >= 0.6 is 15.9 Å². The van der Waals surface area contributed by atoms with Crippen molar-refractivity contribution in [1.82, 2.24) is 0 Å². The topological polar surface area (TPSA) is 81.8 Å². The van der Waals surface area contributed by atoms with E-state index >= 15 is 0 Å². The van der Waals surface area contributed by atoms with Gasteiger partial charge in [-0.2, -0.15) is 0 Å². The van der Waals surface area contributed by atoms with E-state index in [1.54, 1.807) is 12.1 Å². The molecule has 1 aliphatic rings. The number of carboxylic acid groups (broad SMARTS) is 1. The van der Waals surface area contributed by atoms with Gasteiger partial charge >= 0.3 is 5.97 Å². The number of nitrogens with two attached hydrogens (primary N) is 1. The molecular weight excluding hydrogens is 278 g/mol. The van der Waals surface area contributed by atoms with Gasteiger partial charge in [-0.05, 0) is 17.7 Å². The van der Waals surface area contributed by atoms with E-state index in [1.807, 2.05) is 0 Å². The van der Waals surface area contributed by atoms with Gasteiger partial charge < -0.3 is 20.3 Å². The Bertz CT molecular complexity index is 435. The number of carbonyl (C=O) groups is 1. The van der Waals surface area contributed by atoms with Crippen LogP contribution in [0.1, 0.15) is 11.6 Å². The van der Waals surface area contributed by atoms with Gasteiger partial charge in [0.25, 0.3) is 0 Å². The zero-order valence-corrected chi connectivity index (χ0v) is 9.86. The van der Waals surface area contributed by atoms with E-state index in [1.165, 1.54) is 0 Å². The van der Waals surface area contributed by atoms with Crippen LogP contribution in [0.2, 0.25) is 0 Å². The first kappa shape index (κ1) is 11.2. The maximum absolute atomic E-state index is 10.8. The summed E-state index contributed by atoms with van der Waals surface area (Å²) in [6.07, 6.45) is 0. The maximum atomic E-state index is 10.8. The molecule has 0 fully saturated rings. The largest absolute Gasteiger partial charge is 0.486 e. The predicted molar refractivity (Wildman–Crippen MR) is 59.7 cm³/mol. The summed E-state index contributed by atoms with van der Waals surface area (Å²) in [5.41, 5.74) is 6.02. The third-order valence-electron chi connectivity index (χ3n) is 2.26. The molecule has 5 nitrogen and oxygen atoms in total. The zero-order chi connectivity index (χ0) is 11.7. The van der Waals surface area contributed by atoms with E-state index in [9.17, 15) is 4.79 Å². The Morgan fingerprint density at radius 3 is 2.50 bits per heavy atom. The Kier molecular flexibility index (Phi) is 3.02. The average Bonchev–Trinajstić information content (AvgIpc) is 2.27. The summed E-state index contributed by atoms with van der Waals surface area (Å²) in [4.78, 5) is 10.8. The second-order valence-electron chi connectivity index (χ2n) is 3.33. The van der Waals surface area contributed by atoms with Crippen LogP contribution in [0.25, 0.3) is 0 Å². The van der Waals surface area contributed by atoms with Crippen molar-refractivity contribution in [3.63, 3.8) is 0 Å². The van der Waals surface area contributed by atoms with Crippen molar-refractivity contribution in [2.45, 2.75) is 6.04 Å². The van der Waals surface area contributed by atoms with Crippen molar-refractivity contribution in [2.24, 2.45) is 5.73 Å². The minimum Gasteiger partial charge on any atom is -0.486 e. The Labute approximate surface area is 100 Å². The van der Waals surface area contributed by atoms with Crippen molar-refractivity contribution in [3.05, 3.63) is 22.2 Å². The number of fused-ring (bicyclic) bond motifs is 1. The highest BCUT2D eigenvalue weighted by Gasteiger charge is 2.22. The number of hydrogen-bond acceptors (Lipinski definition) is 4. The molecule has 0 bridgehead atoms. The Morgan fingerprint density at radius 1 is 1.38 bits per heavy atom. The van der Waals surface area contributed by atoms with Gasteiger partial charge in [-0.15, -0.1) is 0 Å². The van der Waals surface area contributed by atoms with Crippen LogP contribution in [0.3, 0.4) is 0 Å². The fourth-order valence-corrected chi connectivity index (χ4v) is 2.02. The zero-order valence-electron chi connectivity index (χ0n) is 8.27. The van der Waals surface area contributed by atoms with E-state index in [0.29, 0.717) is 34.7 Å². The second kappa shape index (κ2) is 4.31. The summed E-state index contributed by atoms with van der Waals surface area (Å²) in [5, 5.41) is 8.85.